The molecule has 3 N–H and O–H groups in total. The summed E-state index contributed by atoms with van der Waals surface area (Å²) in [5.74, 6) is -1.25. The third kappa shape index (κ3) is 5.92. The summed E-state index contributed by atoms with van der Waals surface area (Å²) in [6, 6.07) is 8.50. The van der Waals surface area contributed by atoms with Gasteiger partial charge >= 0.3 is 35.5 Å². The molecule has 37 heavy (non-hydrogen) atoms. The zero-order chi connectivity index (χ0) is 26.2. The molecule has 196 valence electrons. The van der Waals surface area contributed by atoms with Crippen LogP contribution < -0.4 is 5.06 Å². The number of aliphatic hydroxyl groups is 1. The molecule has 0 radical (unpaired) electrons. The number of likely N-dealkylation sites (N-methyl/N-ethyl adjacent to an activating group) is 1. The van der Waals surface area contributed by atoms with E-state index < -0.39 is 22.1 Å². The van der Waals surface area contributed by atoms with Crippen molar-refractivity contribution in [2.24, 2.45) is 5.16 Å². The average molecular weight is 543 g/mol. The first-order valence-electron chi connectivity index (χ1n) is 11.5. The minimum atomic E-state index is -3.57. The molecule has 2 atom stereocenters. The second-order valence-corrected chi connectivity index (χ2v) is 11.3. The Balaban J connectivity index is 0.00000380. The van der Waals surface area contributed by atoms with Crippen LogP contribution in [0.1, 0.15) is 23.1 Å². The summed E-state index contributed by atoms with van der Waals surface area (Å²) in [5, 5.41) is 35.4. The van der Waals surface area contributed by atoms with Gasteiger partial charge in [0.25, 0.3) is 0 Å². The van der Waals surface area contributed by atoms with Crippen LogP contribution in [0.25, 0.3) is 11.1 Å². The van der Waals surface area contributed by atoms with E-state index in [0.717, 1.165) is 39.5 Å². The molecular weight excluding hydrogens is 511 g/mol. The number of hydroxylamine groups is 1. The molecule has 2 heterocycles. The summed E-state index contributed by atoms with van der Waals surface area (Å²) in [6.07, 6.45) is -0.730. The third-order valence-electron chi connectivity index (χ3n) is 6.54. The molecule has 0 amide bonds. The first-order valence-corrected chi connectivity index (χ1v) is 13.0. The summed E-state index contributed by atoms with van der Waals surface area (Å²) >= 11 is 0. The number of aliphatic hydroxyl groups excluding tert-OH is 1. The number of hydrogen-bond acceptors (Lipinski definition) is 8. The Bertz CT molecular complexity index is 1300. The number of oxime groups is 1. The molecule has 2 unspecified atom stereocenters. The van der Waals surface area contributed by atoms with E-state index in [0.29, 0.717) is 23.5 Å². The maximum atomic E-state index is 13.0. The van der Waals surface area contributed by atoms with E-state index in [4.69, 9.17) is 9.94 Å². The van der Waals surface area contributed by atoms with Crippen LogP contribution in [0.4, 0.5) is 5.69 Å². The van der Waals surface area contributed by atoms with Gasteiger partial charge in [-0.3, -0.25) is 0 Å². The van der Waals surface area contributed by atoms with Crippen LogP contribution in [0.2, 0.25) is 0 Å². The fourth-order valence-corrected chi connectivity index (χ4v) is 5.50. The number of fused-ring (bicyclic) bond motifs is 3. The standard InChI is InChI=1S/C24H30N4O7S.Na.H/c1-26(2)36(33,34)16-6-4-15(5-7-16)18-12-19-21(25-35-22(9-11-29)24(30)31)14-28(32)23(19)20-13-27(3)10-8-17(18)20;;/h4-7,12,22,28-29H,8-11,13-14H2,1-3H3,(H,30,31);;. The third-order valence-corrected chi connectivity index (χ3v) is 8.37. The van der Waals surface area contributed by atoms with E-state index in [1.165, 1.54) is 14.1 Å². The van der Waals surface area contributed by atoms with Gasteiger partial charge in [0.2, 0.25) is 16.1 Å². The van der Waals surface area contributed by atoms with E-state index >= 15 is 0 Å². The first kappa shape index (κ1) is 29.7. The predicted octanol–water partition coefficient (Wildman–Crippen LogP) is -0.473. The molecule has 0 bridgehead atoms. The van der Waals surface area contributed by atoms with Crippen LogP contribution in [0, 0.1) is 5.21 Å². The number of hydrogen-bond donors (Lipinski definition) is 3. The number of carboxylic acids is 1. The van der Waals surface area contributed by atoms with E-state index in [9.17, 15) is 23.5 Å². The van der Waals surface area contributed by atoms with Gasteiger partial charge in [-0.05, 0) is 48.4 Å². The predicted molar refractivity (Wildman–Crippen MR) is 140 cm³/mol. The number of carbonyl (C=O) groups is 1. The quantitative estimate of drug-likeness (QED) is 0.230. The van der Waals surface area contributed by atoms with Gasteiger partial charge in [0.05, 0.1) is 10.5 Å². The number of carboxylic acid groups (broad SMARTS) is 1. The molecule has 2 aromatic rings. The van der Waals surface area contributed by atoms with Gasteiger partial charge < -0.3 is 30.2 Å². The SMILES string of the molecule is CN1CCc2c(-c3ccc(S(=O)(=O)N(C)C)cc3)cc3c(c2C1)[NH+]([O-])CC3=NOC(CCO)C(=O)O.[NaH]. The Morgan fingerprint density at radius 2 is 1.92 bits per heavy atom. The Labute approximate surface area is 238 Å². The van der Waals surface area contributed by atoms with Crippen molar-refractivity contribution in [1.29, 1.82) is 0 Å². The zero-order valence-corrected chi connectivity index (χ0v) is 21.2. The molecule has 0 fully saturated rings. The zero-order valence-electron chi connectivity index (χ0n) is 20.4. The van der Waals surface area contributed by atoms with Crippen LogP contribution in [-0.4, -0.2) is 116 Å². The van der Waals surface area contributed by atoms with Crippen LogP contribution in [0.3, 0.4) is 0 Å². The van der Waals surface area contributed by atoms with E-state index in [1.807, 2.05) is 13.1 Å². The average Bonchev–Trinajstić information content (AvgIpc) is 3.16. The molecule has 11 nitrogen and oxygen atoms in total. The number of nitrogens with one attached hydrogen (secondary N) is 1. The van der Waals surface area contributed by atoms with Crippen LogP contribution in [0.5, 0.6) is 0 Å². The molecule has 4 rings (SSSR count). The molecule has 2 aromatic carbocycles. The van der Waals surface area contributed by atoms with E-state index in [2.05, 4.69) is 10.1 Å². The van der Waals surface area contributed by atoms with Crippen molar-refractivity contribution >= 4 is 56.9 Å². The second kappa shape index (κ2) is 11.9. The maximum absolute atomic E-state index is 13.0. The second-order valence-electron chi connectivity index (χ2n) is 9.19. The monoisotopic (exact) mass is 542 g/mol. The van der Waals surface area contributed by atoms with Gasteiger partial charge in [0.15, 0.2) is 0 Å². The van der Waals surface area contributed by atoms with Crippen molar-refractivity contribution in [3.63, 3.8) is 0 Å². The number of rotatable bonds is 8. The summed E-state index contributed by atoms with van der Waals surface area (Å²) in [7, 11) is 1.36. The van der Waals surface area contributed by atoms with Gasteiger partial charge in [0.1, 0.15) is 17.9 Å². The molecule has 2 aliphatic heterocycles. The summed E-state index contributed by atoms with van der Waals surface area (Å²) < 4.78 is 26.2. The number of benzene rings is 2. The van der Waals surface area contributed by atoms with Crippen LogP contribution >= 0.6 is 0 Å². The van der Waals surface area contributed by atoms with Crippen molar-refractivity contribution in [3.05, 3.63) is 52.2 Å². The van der Waals surface area contributed by atoms with Crippen molar-refractivity contribution in [1.82, 2.24) is 9.21 Å². The van der Waals surface area contributed by atoms with E-state index in [1.54, 1.807) is 24.3 Å². The molecule has 2 aliphatic rings. The first-order chi connectivity index (χ1) is 17.0. The Kier molecular flexibility index (Phi) is 9.54. The normalized spacial score (nSPS) is 19.3. The number of quaternary nitrogens is 1. The van der Waals surface area contributed by atoms with Crippen LogP contribution in [-0.2, 0) is 32.6 Å². The number of nitrogens with zero attached hydrogens (tertiary/aromatic N) is 3. The van der Waals surface area contributed by atoms with Crippen molar-refractivity contribution in [3.8, 4) is 11.1 Å². The molecular formula is C24H31N4NaO7S. The molecule has 0 aliphatic carbocycles. The molecule has 0 saturated carbocycles. The Morgan fingerprint density at radius 3 is 2.51 bits per heavy atom. The molecule has 0 spiro atoms. The van der Waals surface area contributed by atoms with E-state index in [-0.39, 0.29) is 59.1 Å². The summed E-state index contributed by atoms with van der Waals surface area (Å²) in [4.78, 5) is 18.9. The van der Waals surface area contributed by atoms with Crippen molar-refractivity contribution < 1.29 is 33.3 Å². The fourth-order valence-electron chi connectivity index (χ4n) is 4.60. The Hall–Kier alpha value is -1.87. The van der Waals surface area contributed by atoms with Gasteiger partial charge in [-0.2, -0.15) is 0 Å². The van der Waals surface area contributed by atoms with Gasteiger partial charge in [0, 0.05) is 45.8 Å². The molecule has 0 saturated heterocycles. The minimum absolute atomic E-state index is 0. The van der Waals surface area contributed by atoms with Crippen molar-refractivity contribution in [2.45, 2.75) is 30.4 Å². The van der Waals surface area contributed by atoms with Gasteiger partial charge in [-0.1, -0.05) is 17.3 Å². The number of sulfonamides is 1. The summed E-state index contributed by atoms with van der Waals surface area (Å²) in [6.45, 7) is 0.994. The summed E-state index contributed by atoms with van der Waals surface area (Å²) in [5.41, 5.74) is 5.11. The van der Waals surface area contributed by atoms with Gasteiger partial charge in [-0.25, -0.2) is 17.5 Å². The molecule has 0 aromatic heterocycles. The van der Waals surface area contributed by atoms with Crippen molar-refractivity contribution in [2.75, 3.05) is 40.8 Å². The van der Waals surface area contributed by atoms with Crippen LogP contribution in [0.15, 0.2) is 40.4 Å². The molecule has 13 heteroatoms. The van der Waals surface area contributed by atoms with Gasteiger partial charge in [-0.15, -0.1) is 0 Å². The number of aliphatic carboxylic acids is 1. The topological polar surface area (TPSA) is 147 Å². The Morgan fingerprint density at radius 1 is 1.24 bits per heavy atom. The fraction of sp³-hybridized carbons (Fsp3) is 0.417.